The lowest BCUT2D eigenvalue weighted by atomic mass is 10.4. The van der Waals surface area contributed by atoms with Crippen LogP contribution in [0.1, 0.15) is 5.69 Å². The number of H-pyrrole nitrogens is 1. The lowest BCUT2D eigenvalue weighted by molar-refractivity contribution is -0.112. The predicted octanol–water partition coefficient (Wildman–Crippen LogP) is -0.709. The topological polar surface area (TPSA) is 117 Å². The highest BCUT2D eigenvalue weighted by Crippen LogP contribution is 1.94. The van der Waals surface area contributed by atoms with E-state index in [9.17, 15) is 4.79 Å². The Morgan fingerprint density at radius 1 is 1.86 bits per heavy atom. The number of hydrogen-bond acceptors (Lipinski definition) is 5. The van der Waals surface area contributed by atoms with E-state index >= 15 is 0 Å². The molecule has 0 fully saturated rings. The number of primary amides is 1. The number of aromatic nitrogens is 2. The number of nitrogens with zero attached hydrogens (tertiary/aromatic N) is 3. The lowest BCUT2D eigenvalue weighted by Gasteiger charge is -1.95. The smallest absolute Gasteiger partial charge is 0.281 e. The van der Waals surface area contributed by atoms with Crippen molar-refractivity contribution in [3.63, 3.8) is 0 Å². The van der Waals surface area contributed by atoms with Gasteiger partial charge in [0.2, 0.25) is 5.71 Å². The number of hydrogen-bond donors (Lipinski definition) is 2. The maximum absolute atomic E-state index is 10.5. The van der Waals surface area contributed by atoms with Gasteiger partial charge in [0, 0.05) is 6.20 Å². The van der Waals surface area contributed by atoms with Gasteiger partial charge in [-0.1, -0.05) is 5.16 Å². The monoisotopic (exact) mass is 193 g/mol. The fraction of sp³-hybridized carbons (Fsp3) is 0.143. The summed E-state index contributed by atoms with van der Waals surface area (Å²) >= 11 is 0. The Kier molecular flexibility index (Phi) is 3.20. The van der Waals surface area contributed by atoms with Crippen molar-refractivity contribution in [3.05, 3.63) is 18.0 Å². The summed E-state index contributed by atoms with van der Waals surface area (Å²) in [6.45, 7) is 0.0957. The molecule has 72 valence electrons. The molecule has 1 rings (SSSR count). The predicted molar refractivity (Wildman–Crippen MR) is 45.6 cm³/mol. The van der Waals surface area contributed by atoms with Crippen LogP contribution in [0, 0.1) is 11.3 Å². The maximum atomic E-state index is 10.5. The summed E-state index contributed by atoms with van der Waals surface area (Å²) in [5.41, 5.74) is 5.02. The van der Waals surface area contributed by atoms with E-state index in [0.717, 1.165) is 0 Å². The zero-order chi connectivity index (χ0) is 10.4. The van der Waals surface area contributed by atoms with Crippen molar-refractivity contribution < 1.29 is 9.63 Å². The number of rotatable bonds is 4. The van der Waals surface area contributed by atoms with Crippen LogP contribution >= 0.6 is 0 Å². The molecule has 7 heteroatoms. The van der Waals surface area contributed by atoms with Crippen molar-refractivity contribution in [2.45, 2.75) is 6.61 Å². The van der Waals surface area contributed by atoms with Crippen molar-refractivity contribution in [1.82, 2.24) is 10.2 Å². The molecule has 0 radical (unpaired) electrons. The van der Waals surface area contributed by atoms with Crippen molar-refractivity contribution in [2.24, 2.45) is 10.9 Å². The molecule has 0 aromatic carbocycles. The number of oxime groups is 1. The molecule has 0 bridgehead atoms. The first-order valence-corrected chi connectivity index (χ1v) is 3.62. The summed E-state index contributed by atoms with van der Waals surface area (Å²) in [4.78, 5) is 15.2. The standard InChI is InChI=1S/C7H7N5O2/c8-3-6(7(9)13)12-14-4-5-1-2-10-11-5/h1-2H,4H2,(H2,9,13)(H,10,11). The van der Waals surface area contributed by atoms with Gasteiger partial charge in [-0.2, -0.15) is 10.4 Å². The van der Waals surface area contributed by atoms with Gasteiger partial charge < -0.3 is 10.6 Å². The third-order valence-electron chi connectivity index (χ3n) is 1.27. The number of aromatic amines is 1. The van der Waals surface area contributed by atoms with Gasteiger partial charge in [-0.15, -0.1) is 0 Å². The molecular formula is C7H7N5O2. The highest BCUT2D eigenvalue weighted by atomic mass is 16.6. The second kappa shape index (κ2) is 4.61. The minimum Gasteiger partial charge on any atom is -0.388 e. The molecular weight excluding hydrogens is 186 g/mol. The van der Waals surface area contributed by atoms with Crippen LogP contribution in [0.25, 0.3) is 0 Å². The summed E-state index contributed by atoms with van der Waals surface area (Å²) in [5.74, 6) is -0.919. The van der Waals surface area contributed by atoms with Crippen molar-refractivity contribution in [2.75, 3.05) is 0 Å². The number of carbonyl (C=O) groups excluding carboxylic acids is 1. The van der Waals surface area contributed by atoms with Crippen LogP contribution in [-0.4, -0.2) is 21.8 Å². The summed E-state index contributed by atoms with van der Waals surface area (Å²) < 4.78 is 0. The zero-order valence-corrected chi connectivity index (χ0v) is 7.10. The van der Waals surface area contributed by atoms with Crippen LogP contribution in [0.3, 0.4) is 0 Å². The van der Waals surface area contributed by atoms with E-state index in [1.807, 2.05) is 0 Å². The van der Waals surface area contributed by atoms with Gasteiger partial charge in [0.05, 0.1) is 5.69 Å². The van der Waals surface area contributed by atoms with Gasteiger partial charge in [-0.05, 0) is 6.07 Å². The zero-order valence-electron chi connectivity index (χ0n) is 7.10. The second-order valence-electron chi connectivity index (χ2n) is 2.27. The van der Waals surface area contributed by atoms with Crippen LogP contribution in [-0.2, 0) is 16.2 Å². The number of carbonyl (C=O) groups is 1. The van der Waals surface area contributed by atoms with Crippen molar-refractivity contribution in [1.29, 1.82) is 5.26 Å². The van der Waals surface area contributed by atoms with Gasteiger partial charge in [-0.25, -0.2) is 0 Å². The van der Waals surface area contributed by atoms with Gasteiger partial charge >= 0.3 is 0 Å². The third-order valence-corrected chi connectivity index (χ3v) is 1.27. The van der Waals surface area contributed by atoms with Gasteiger partial charge in [0.15, 0.2) is 6.61 Å². The number of amides is 1. The lowest BCUT2D eigenvalue weighted by Crippen LogP contribution is -2.21. The van der Waals surface area contributed by atoms with E-state index in [0.29, 0.717) is 5.69 Å². The quantitative estimate of drug-likeness (QED) is 0.485. The van der Waals surface area contributed by atoms with Crippen LogP contribution in [0.5, 0.6) is 0 Å². The number of nitrogens with one attached hydrogen (secondary N) is 1. The fourth-order valence-corrected chi connectivity index (χ4v) is 0.652. The molecule has 0 aliphatic rings. The van der Waals surface area contributed by atoms with E-state index < -0.39 is 11.6 Å². The van der Waals surface area contributed by atoms with E-state index in [1.165, 1.54) is 6.07 Å². The Bertz CT molecular complexity index is 375. The molecule has 0 aliphatic carbocycles. The molecule has 3 N–H and O–H groups in total. The number of nitriles is 1. The van der Waals surface area contributed by atoms with Gasteiger partial charge in [-0.3, -0.25) is 9.89 Å². The Labute approximate surface area is 79.1 Å². The molecule has 0 atom stereocenters. The maximum Gasteiger partial charge on any atom is 0.281 e. The molecule has 1 heterocycles. The highest BCUT2D eigenvalue weighted by Gasteiger charge is 2.05. The minimum absolute atomic E-state index is 0.0957. The van der Waals surface area contributed by atoms with E-state index in [4.69, 9.17) is 11.0 Å². The van der Waals surface area contributed by atoms with E-state index in [1.54, 1.807) is 12.3 Å². The molecule has 1 aromatic rings. The van der Waals surface area contributed by atoms with E-state index in [2.05, 4.69) is 20.2 Å². The minimum atomic E-state index is -0.919. The first-order valence-electron chi connectivity index (χ1n) is 3.62. The van der Waals surface area contributed by atoms with Crippen LogP contribution in [0.4, 0.5) is 0 Å². The van der Waals surface area contributed by atoms with Gasteiger partial charge in [0.1, 0.15) is 6.07 Å². The average molecular weight is 193 g/mol. The molecule has 0 saturated carbocycles. The van der Waals surface area contributed by atoms with Gasteiger partial charge in [0.25, 0.3) is 5.91 Å². The summed E-state index contributed by atoms with van der Waals surface area (Å²) in [6.07, 6.45) is 1.54. The van der Waals surface area contributed by atoms with Crippen LogP contribution in [0.2, 0.25) is 0 Å². The summed E-state index contributed by atoms with van der Waals surface area (Å²) in [7, 11) is 0. The fourth-order valence-electron chi connectivity index (χ4n) is 0.652. The van der Waals surface area contributed by atoms with Crippen molar-refractivity contribution >= 4 is 11.6 Å². The molecule has 0 unspecified atom stereocenters. The third kappa shape index (κ3) is 2.60. The molecule has 7 nitrogen and oxygen atoms in total. The molecule has 14 heavy (non-hydrogen) atoms. The Morgan fingerprint density at radius 2 is 2.64 bits per heavy atom. The Hall–Kier alpha value is -2.36. The normalized spacial score (nSPS) is 10.6. The molecule has 1 amide bonds. The van der Waals surface area contributed by atoms with E-state index in [-0.39, 0.29) is 6.61 Å². The van der Waals surface area contributed by atoms with Crippen LogP contribution < -0.4 is 5.73 Å². The van der Waals surface area contributed by atoms with Crippen LogP contribution in [0.15, 0.2) is 17.4 Å². The van der Waals surface area contributed by atoms with Crippen molar-refractivity contribution in [3.8, 4) is 6.07 Å². The largest absolute Gasteiger partial charge is 0.388 e. The average Bonchev–Trinajstić information content (AvgIpc) is 2.64. The summed E-state index contributed by atoms with van der Waals surface area (Å²) in [5, 5.41) is 17.9. The molecule has 1 aromatic heterocycles. The molecule has 0 spiro atoms. The first-order chi connectivity index (χ1) is 6.74. The Morgan fingerprint density at radius 3 is 3.14 bits per heavy atom. The molecule has 0 aliphatic heterocycles. The molecule has 0 saturated heterocycles. The summed E-state index contributed by atoms with van der Waals surface area (Å²) in [6, 6.07) is 3.18. The highest BCUT2D eigenvalue weighted by molar-refractivity contribution is 6.44. The first kappa shape index (κ1) is 9.73. The SMILES string of the molecule is N#CC(=NOCc1ccn[nH]1)C(N)=O. The second-order valence-corrected chi connectivity index (χ2v) is 2.27. The number of nitrogens with two attached hydrogens (primary N) is 1. The Balaban J connectivity index is 2.47.